The van der Waals surface area contributed by atoms with E-state index >= 15 is 0 Å². The normalized spacial score (nSPS) is 9.25. The van der Waals surface area contributed by atoms with Gasteiger partial charge in [0.25, 0.3) is 0 Å². The van der Waals surface area contributed by atoms with Crippen molar-refractivity contribution in [3.05, 3.63) is 28.5 Å². The first-order chi connectivity index (χ1) is 3.79. The first-order valence-electron chi connectivity index (χ1n) is 2.29. The van der Waals surface area contributed by atoms with Gasteiger partial charge in [0.2, 0.25) is 0 Å². The zero-order valence-corrected chi connectivity index (χ0v) is 6.07. The maximum atomic E-state index is 3.81. The maximum Gasteiger partial charge on any atom is 0.104 e. The minimum atomic E-state index is 0.914. The highest BCUT2D eigenvalue weighted by molar-refractivity contribution is 9.10. The lowest BCUT2D eigenvalue weighted by Crippen LogP contribution is -1.74. The number of hydrogen-bond donors (Lipinski definition) is 0. The van der Waals surface area contributed by atoms with E-state index in [1.54, 1.807) is 6.20 Å². The minimum absolute atomic E-state index is 0.914. The fraction of sp³-hybridized carbons (Fsp3) is 0.167. The third-order valence-corrected chi connectivity index (χ3v) is 1.20. The zero-order chi connectivity index (χ0) is 5.98. The van der Waals surface area contributed by atoms with E-state index in [-0.39, 0.29) is 0 Å². The van der Waals surface area contributed by atoms with E-state index in [0.717, 1.165) is 10.0 Å². The van der Waals surface area contributed by atoms with Gasteiger partial charge in [-0.1, -0.05) is 0 Å². The summed E-state index contributed by atoms with van der Waals surface area (Å²) in [6.07, 6.45) is 4.51. The molecule has 0 aromatic carbocycles. The molecule has 0 aliphatic carbocycles. The molecule has 0 fully saturated rings. The van der Waals surface area contributed by atoms with E-state index in [1.165, 1.54) is 0 Å². The van der Waals surface area contributed by atoms with Crippen LogP contribution in [0.1, 0.15) is 5.56 Å². The Morgan fingerprint density at radius 1 is 1.75 bits per heavy atom. The van der Waals surface area contributed by atoms with Gasteiger partial charge in [-0.2, -0.15) is 0 Å². The molecule has 1 heterocycles. The van der Waals surface area contributed by atoms with Gasteiger partial charge >= 0.3 is 0 Å². The predicted octanol–water partition coefficient (Wildman–Crippen LogP) is 1.95. The number of pyridine rings is 1. The van der Waals surface area contributed by atoms with E-state index in [4.69, 9.17) is 0 Å². The molecule has 0 unspecified atom stereocenters. The molecule has 0 amide bonds. The fourth-order valence-corrected chi connectivity index (χ4v) is 0.929. The predicted molar refractivity (Wildman–Crippen MR) is 35.5 cm³/mol. The van der Waals surface area contributed by atoms with Gasteiger partial charge in [-0.05, 0) is 34.5 Å². The summed E-state index contributed by atoms with van der Waals surface area (Å²) < 4.78 is 0.914. The lowest BCUT2D eigenvalue weighted by atomic mass is 10.3. The summed E-state index contributed by atoms with van der Waals surface area (Å²) in [4.78, 5) is 3.81. The Hall–Kier alpha value is -0.370. The highest BCUT2D eigenvalue weighted by atomic mass is 79.9. The molecule has 1 rings (SSSR count). The smallest absolute Gasteiger partial charge is 0.104 e. The molecule has 0 aliphatic heterocycles. The van der Waals surface area contributed by atoms with Crippen molar-refractivity contribution < 1.29 is 0 Å². The van der Waals surface area contributed by atoms with E-state index in [2.05, 4.69) is 27.1 Å². The molecule has 0 atom stereocenters. The first-order valence-corrected chi connectivity index (χ1v) is 3.08. The van der Waals surface area contributed by atoms with Gasteiger partial charge < -0.3 is 0 Å². The Balaban J connectivity index is 3.08. The van der Waals surface area contributed by atoms with Crippen molar-refractivity contribution in [2.24, 2.45) is 0 Å². The molecule has 1 aromatic rings. The highest BCUT2D eigenvalue weighted by Crippen LogP contribution is 2.06. The summed E-state index contributed by atoms with van der Waals surface area (Å²) in [5.74, 6) is 0. The van der Waals surface area contributed by atoms with Gasteiger partial charge in [-0.15, -0.1) is 0 Å². The Labute approximate surface area is 56.9 Å². The molecule has 0 bridgehead atoms. The number of aryl methyl sites for hydroxylation is 1. The third-order valence-electron chi connectivity index (χ3n) is 0.794. The second-order valence-corrected chi connectivity index (χ2v) is 2.46. The minimum Gasteiger partial charge on any atom is -0.253 e. The molecule has 8 heavy (non-hydrogen) atoms. The van der Waals surface area contributed by atoms with Crippen LogP contribution in [-0.2, 0) is 0 Å². The van der Waals surface area contributed by atoms with Crippen molar-refractivity contribution in [3.8, 4) is 0 Å². The monoisotopic (exact) mass is 170 g/mol. The third kappa shape index (κ3) is 1.30. The molecule has 0 saturated carbocycles. The standard InChI is InChI=1S/C6H5BrN/c1-5-2-6(7)4-8-3-5/h2-3H,1H3. The van der Waals surface area contributed by atoms with Crippen LogP contribution >= 0.6 is 15.9 Å². The van der Waals surface area contributed by atoms with Crippen LogP contribution in [-0.4, -0.2) is 4.98 Å². The van der Waals surface area contributed by atoms with E-state index in [1.807, 2.05) is 13.0 Å². The van der Waals surface area contributed by atoms with Crippen LogP contribution in [0.2, 0.25) is 0 Å². The fourth-order valence-electron chi connectivity index (χ4n) is 0.465. The van der Waals surface area contributed by atoms with Crippen LogP contribution in [0.3, 0.4) is 0 Å². The van der Waals surface area contributed by atoms with Gasteiger partial charge in [0.1, 0.15) is 6.20 Å². The molecular weight excluding hydrogens is 166 g/mol. The van der Waals surface area contributed by atoms with Crippen molar-refractivity contribution in [3.63, 3.8) is 0 Å². The van der Waals surface area contributed by atoms with Crippen LogP contribution in [0, 0.1) is 13.1 Å². The van der Waals surface area contributed by atoms with Crippen LogP contribution in [0.15, 0.2) is 16.7 Å². The molecular formula is C6H5BrN. The lowest BCUT2D eigenvalue weighted by Gasteiger charge is -1.87. The summed E-state index contributed by atoms with van der Waals surface area (Å²) in [6, 6.07) is 1.97. The van der Waals surface area contributed by atoms with Crippen molar-refractivity contribution in [1.29, 1.82) is 0 Å². The Morgan fingerprint density at radius 2 is 2.50 bits per heavy atom. The quantitative estimate of drug-likeness (QED) is 0.581. The van der Waals surface area contributed by atoms with Crippen LogP contribution in [0.4, 0.5) is 0 Å². The second-order valence-electron chi connectivity index (χ2n) is 1.61. The van der Waals surface area contributed by atoms with Crippen LogP contribution in [0.5, 0.6) is 0 Å². The SMILES string of the molecule is Cc1cn[c]c(Br)c1. The highest BCUT2D eigenvalue weighted by Gasteiger charge is 1.84. The van der Waals surface area contributed by atoms with Crippen LogP contribution < -0.4 is 0 Å². The molecule has 0 N–H and O–H groups in total. The molecule has 2 heteroatoms. The number of hydrogen-bond acceptors (Lipinski definition) is 1. The van der Waals surface area contributed by atoms with Gasteiger partial charge in [0.05, 0.1) is 0 Å². The van der Waals surface area contributed by atoms with Crippen molar-refractivity contribution in [2.75, 3.05) is 0 Å². The Kier molecular flexibility index (Phi) is 1.63. The molecule has 0 spiro atoms. The summed E-state index contributed by atoms with van der Waals surface area (Å²) in [5, 5.41) is 0. The molecule has 1 nitrogen and oxygen atoms in total. The Bertz CT molecular complexity index is 168. The number of rotatable bonds is 0. The molecule has 0 saturated heterocycles. The van der Waals surface area contributed by atoms with E-state index in [0.29, 0.717) is 0 Å². The Morgan fingerprint density at radius 3 is 2.88 bits per heavy atom. The first kappa shape index (κ1) is 5.76. The molecule has 0 aliphatic rings. The number of aromatic nitrogens is 1. The number of halogens is 1. The van der Waals surface area contributed by atoms with Gasteiger partial charge in [-0.25, -0.2) is 0 Å². The topological polar surface area (TPSA) is 12.9 Å². The van der Waals surface area contributed by atoms with Crippen LogP contribution in [0.25, 0.3) is 0 Å². The van der Waals surface area contributed by atoms with Crippen molar-refractivity contribution in [2.45, 2.75) is 6.92 Å². The zero-order valence-electron chi connectivity index (χ0n) is 4.48. The average Bonchev–Trinajstić information content (AvgIpc) is 1.64. The summed E-state index contributed by atoms with van der Waals surface area (Å²) in [6.45, 7) is 1.99. The summed E-state index contributed by atoms with van der Waals surface area (Å²) >= 11 is 3.24. The van der Waals surface area contributed by atoms with Crippen molar-refractivity contribution in [1.82, 2.24) is 4.98 Å². The number of nitrogens with zero attached hydrogens (tertiary/aromatic N) is 1. The maximum absolute atomic E-state index is 3.81. The van der Waals surface area contributed by atoms with Crippen molar-refractivity contribution >= 4 is 15.9 Å². The van der Waals surface area contributed by atoms with Gasteiger partial charge in [0, 0.05) is 10.7 Å². The molecule has 1 radical (unpaired) electrons. The second kappa shape index (κ2) is 2.27. The summed E-state index contributed by atoms with van der Waals surface area (Å²) in [7, 11) is 0. The van der Waals surface area contributed by atoms with Gasteiger partial charge in [0.15, 0.2) is 0 Å². The lowest BCUT2D eigenvalue weighted by molar-refractivity contribution is 1.24. The molecule has 41 valence electrons. The molecule has 1 aromatic heterocycles. The summed E-state index contributed by atoms with van der Waals surface area (Å²) in [5.41, 5.74) is 1.15. The van der Waals surface area contributed by atoms with Gasteiger partial charge in [-0.3, -0.25) is 4.98 Å². The largest absolute Gasteiger partial charge is 0.253 e. The van der Waals surface area contributed by atoms with E-state index < -0.39 is 0 Å². The average molecular weight is 171 g/mol. The van der Waals surface area contributed by atoms with E-state index in [9.17, 15) is 0 Å².